The third-order valence-corrected chi connectivity index (χ3v) is 2.26. The van der Waals surface area contributed by atoms with Gasteiger partial charge < -0.3 is 20.4 Å². The molecule has 3 N–H and O–H groups in total. The fourth-order valence-corrected chi connectivity index (χ4v) is 1.68. The van der Waals surface area contributed by atoms with Crippen LogP contribution in [0.3, 0.4) is 0 Å². The topological polar surface area (TPSA) is 72.8 Å². The molecule has 0 saturated carbocycles. The van der Waals surface area contributed by atoms with E-state index in [0.717, 1.165) is 6.42 Å². The lowest BCUT2D eigenvalue weighted by molar-refractivity contribution is -0.139. The minimum Gasteiger partial charge on any atom is -0.480 e. The molecule has 0 aromatic carbocycles. The minimum atomic E-state index is -0.912. The summed E-state index contributed by atoms with van der Waals surface area (Å²) < 4.78 is 0. The molecule has 0 aromatic rings. The van der Waals surface area contributed by atoms with Crippen LogP contribution in [0, 0.1) is 0 Å². The van der Waals surface area contributed by atoms with Crippen LogP contribution in [0.25, 0.3) is 0 Å². The smallest absolute Gasteiger partial charge is 0.320 e. The molecule has 0 aliphatic carbocycles. The first kappa shape index (κ1) is 15.3. The number of hydrogen-bond acceptors (Lipinski definition) is 4. The Balaban J connectivity index is 4.13. The first-order chi connectivity index (χ1) is 7.28. The number of carboxylic acid groups (broad SMARTS) is 1. The Labute approximate surface area is 97.4 Å². The average Bonchev–Trinajstić information content (AvgIpc) is 2.09. The van der Waals surface area contributed by atoms with Gasteiger partial charge in [0.05, 0.1) is 5.60 Å². The van der Waals surface area contributed by atoms with Gasteiger partial charge in [-0.3, -0.25) is 4.79 Å². The zero-order valence-corrected chi connectivity index (χ0v) is 10.7. The summed E-state index contributed by atoms with van der Waals surface area (Å²) in [5, 5.41) is 21.8. The number of aliphatic carboxylic acids is 1. The van der Waals surface area contributed by atoms with E-state index in [4.69, 9.17) is 5.11 Å². The molecular formula is C11H24N2O3. The van der Waals surface area contributed by atoms with Crippen molar-refractivity contribution < 1.29 is 15.0 Å². The van der Waals surface area contributed by atoms with Crippen LogP contribution in [-0.4, -0.2) is 59.9 Å². The molecule has 0 fully saturated rings. The highest BCUT2D eigenvalue weighted by Crippen LogP contribution is 2.05. The summed E-state index contributed by atoms with van der Waals surface area (Å²) in [4.78, 5) is 12.7. The second-order valence-electron chi connectivity index (χ2n) is 4.80. The van der Waals surface area contributed by atoms with Crippen molar-refractivity contribution in [2.75, 3.05) is 27.2 Å². The lowest BCUT2D eigenvalue weighted by atomic mass is 10.1. The molecule has 0 heterocycles. The number of carbonyl (C=O) groups is 1. The minimum absolute atomic E-state index is 0.280. The van der Waals surface area contributed by atoms with Gasteiger partial charge in [0.15, 0.2) is 0 Å². The van der Waals surface area contributed by atoms with Crippen LogP contribution >= 0.6 is 0 Å². The molecule has 0 rings (SSSR count). The normalized spacial score (nSPS) is 17.1. The Morgan fingerprint density at radius 1 is 1.50 bits per heavy atom. The number of rotatable bonds is 8. The summed E-state index contributed by atoms with van der Waals surface area (Å²) in [5.41, 5.74) is -0.912. The Kier molecular flexibility index (Phi) is 6.55. The second-order valence-corrected chi connectivity index (χ2v) is 4.80. The van der Waals surface area contributed by atoms with Gasteiger partial charge in [-0.2, -0.15) is 0 Å². The molecule has 5 nitrogen and oxygen atoms in total. The first-order valence-electron chi connectivity index (χ1n) is 5.62. The van der Waals surface area contributed by atoms with Gasteiger partial charge in [0, 0.05) is 13.1 Å². The molecule has 0 radical (unpaired) electrons. The summed E-state index contributed by atoms with van der Waals surface area (Å²) >= 11 is 0. The van der Waals surface area contributed by atoms with Crippen molar-refractivity contribution in [2.24, 2.45) is 0 Å². The lowest BCUT2D eigenvalue weighted by Gasteiger charge is -2.28. The van der Waals surface area contributed by atoms with Crippen molar-refractivity contribution in [3.05, 3.63) is 0 Å². The van der Waals surface area contributed by atoms with E-state index in [1.807, 2.05) is 25.9 Å². The van der Waals surface area contributed by atoms with Crippen LogP contribution < -0.4 is 5.32 Å². The number of nitrogens with zero attached hydrogens (tertiary/aromatic N) is 1. The van der Waals surface area contributed by atoms with Crippen LogP contribution in [0.15, 0.2) is 0 Å². The number of carboxylic acids is 1. The van der Waals surface area contributed by atoms with E-state index in [1.54, 1.807) is 6.92 Å². The van der Waals surface area contributed by atoms with Crippen molar-refractivity contribution in [1.82, 2.24) is 10.2 Å². The van der Waals surface area contributed by atoms with E-state index in [-0.39, 0.29) is 6.54 Å². The molecular weight excluding hydrogens is 208 g/mol. The summed E-state index contributed by atoms with van der Waals surface area (Å²) in [6.45, 7) is 4.42. The fourth-order valence-electron chi connectivity index (χ4n) is 1.68. The van der Waals surface area contributed by atoms with Crippen LogP contribution in [0.2, 0.25) is 0 Å². The zero-order chi connectivity index (χ0) is 12.8. The van der Waals surface area contributed by atoms with E-state index in [9.17, 15) is 9.90 Å². The van der Waals surface area contributed by atoms with Gasteiger partial charge in [0.25, 0.3) is 0 Å². The summed E-state index contributed by atoms with van der Waals surface area (Å²) in [5.74, 6) is -0.859. The highest BCUT2D eigenvalue weighted by Gasteiger charge is 2.24. The maximum Gasteiger partial charge on any atom is 0.320 e. The van der Waals surface area contributed by atoms with Crippen molar-refractivity contribution in [3.8, 4) is 0 Å². The first-order valence-corrected chi connectivity index (χ1v) is 5.62. The predicted molar refractivity (Wildman–Crippen MR) is 63.5 cm³/mol. The molecule has 96 valence electrons. The van der Waals surface area contributed by atoms with Gasteiger partial charge in [-0.15, -0.1) is 0 Å². The zero-order valence-electron chi connectivity index (χ0n) is 10.7. The maximum atomic E-state index is 10.9. The van der Waals surface area contributed by atoms with Crippen LogP contribution in [0.5, 0.6) is 0 Å². The number of aliphatic hydroxyl groups is 1. The standard InChI is InChI=1S/C11H24N2O3/c1-5-6-9(10(14)15)12-7-11(2,16)8-13(3)4/h9,12,16H,5-8H2,1-4H3,(H,14,15). The van der Waals surface area contributed by atoms with Crippen molar-refractivity contribution in [3.63, 3.8) is 0 Å². The maximum absolute atomic E-state index is 10.9. The molecule has 16 heavy (non-hydrogen) atoms. The molecule has 0 bridgehead atoms. The molecule has 0 aliphatic heterocycles. The molecule has 0 spiro atoms. The Hall–Kier alpha value is -0.650. The van der Waals surface area contributed by atoms with Crippen LogP contribution in [0.1, 0.15) is 26.7 Å². The van der Waals surface area contributed by atoms with E-state index >= 15 is 0 Å². The molecule has 0 saturated heterocycles. The summed E-state index contributed by atoms with van der Waals surface area (Å²) in [6, 6.07) is -0.571. The Morgan fingerprint density at radius 3 is 2.44 bits per heavy atom. The molecule has 0 aromatic heterocycles. The number of hydrogen-bond donors (Lipinski definition) is 3. The summed E-state index contributed by atoms with van der Waals surface area (Å²) in [6.07, 6.45) is 1.38. The third kappa shape index (κ3) is 6.76. The van der Waals surface area contributed by atoms with Gasteiger partial charge in [0.1, 0.15) is 6.04 Å². The number of likely N-dealkylation sites (N-methyl/N-ethyl adjacent to an activating group) is 1. The van der Waals surface area contributed by atoms with E-state index in [2.05, 4.69) is 5.32 Å². The van der Waals surface area contributed by atoms with Crippen molar-refractivity contribution in [2.45, 2.75) is 38.3 Å². The SMILES string of the molecule is CCCC(NCC(C)(O)CN(C)C)C(=O)O. The molecule has 2 unspecified atom stereocenters. The van der Waals surface area contributed by atoms with Gasteiger partial charge in [0.2, 0.25) is 0 Å². The Morgan fingerprint density at radius 2 is 2.06 bits per heavy atom. The highest BCUT2D eigenvalue weighted by atomic mass is 16.4. The molecule has 2 atom stereocenters. The monoisotopic (exact) mass is 232 g/mol. The van der Waals surface area contributed by atoms with E-state index in [1.165, 1.54) is 0 Å². The second kappa shape index (κ2) is 6.83. The summed E-state index contributed by atoms with van der Waals surface area (Å²) in [7, 11) is 3.74. The van der Waals surface area contributed by atoms with Gasteiger partial charge in [-0.25, -0.2) is 0 Å². The van der Waals surface area contributed by atoms with E-state index in [0.29, 0.717) is 13.0 Å². The average molecular weight is 232 g/mol. The van der Waals surface area contributed by atoms with Gasteiger partial charge >= 0.3 is 5.97 Å². The number of nitrogens with one attached hydrogen (secondary N) is 1. The van der Waals surface area contributed by atoms with Crippen LogP contribution in [-0.2, 0) is 4.79 Å². The van der Waals surface area contributed by atoms with Crippen LogP contribution in [0.4, 0.5) is 0 Å². The molecule has 5 heteroatoms. The predicted octanol–water partition coefficient (Wildman–Crippen LogP) is 0.142. The third-order valence-electron chi connectivity index (χ3n) is 2.26. The fraction of sp³-hybridized carbons (Fsp3) is 0.909. The van der Waals surface area contributed by atoms with Gasteiger partial charge in [-0.05, 0) is 27.4 Å². The van der Waals surface area contributed by atoms with Gasteiger partial charge in [-0.1, -0.05) is 13.3 Å². The van der Waals surface area contributed by atoms with Crippen molar-refractivity contribution >= 4 is 5.97 Å². The highest BCUT2D eigenvalue weighted by molar-refractivity contribution is 5.73. The van der Waals surface area contributed by atoms with E-state index < -0.39 is 17.6 Å². The molecule has 0 aliphatic rings. The van der Waals surface area contributed by atoms with Crippen molar-refractivity contribution in [1.29, 1.82) is 0 Å². The Bertz CT molecular complexity index is 217. The largest absolute Gasteiger partial charge is 0.480 e. The quantitative estimate of drug-likeness (QED) is 0.555. The lowest BCUT2D eigenvalue weighted by Crippen LogP contribution is -2.50. The molecule has 0 amide bonds.